The second kappa shape index (κ2) is 12.0. The third-order valence-electron chi connectivity index (χ3n) is 6.44. The second-order valence-corrected chi connectivity index (χ2v) is 11.6. The molecule has 8 nitrogen and oxygen atoms in total. The molecule has 1 aromatic heterocycles. The minimum atomic E-state index is -0.605. The van der Waals surface area contributed by atoms with E-state index >= 15 is 0 Å². The van der Waals surface area contributed by atoms with Crippen molar-refractivity contribution in [2.75, 3.05) is 20.1 Å². The van der Waals surface area contributed by atoms with Gasteiger partial charge in [-0.1, -0.05) is 50.9 Å². The predicted molar refractivity (Wildman–Crippen MR) is 140 cm³/mol. The van der Waals surface area contributed by atoms with Gasteiger partial charge < -0.3 is 20.0 Å². The van der Waals surface area contributed by atoms with Gasteiger partial charge in [-0.3, -0.25) is 14.6 Å². The Morgan fingerprint density at radius 3 is 2.25 bits per heavy atom. The number of hydrogen-bond acceptors (Lipinski definition) is 7. The third kappa shape index (κ3) is 7.14. The van der Waals surface area contributed by atoms with Gasteiger partial charge in [0.2, 0.25) is 0 Å². The summed E-state index contributed by atoms with van der Waals surface area (Å²) in [4.78, 5) is 45.1. The molecule has 1 saturated carbocycles. The normalized spacial score (nSPS) is 20.6. The molecule has 2 rings (SSSR count). The highest BCUT2D eigenvalue weighted by molar-refractivity contribution is 6.39. The van der Waals surface area contributed by atoms with Gasteiger partial charge in [0.05, 0.1) is 27.7 Å². The molecule has 0 aromatic carbocycles. The fraction of sp³-hybridized carbons (Fsp3) is 0.538. The van der Waals surface area contributed by atoms with Crippen LogP contribution >= 0.6 is 23.2 Å². The fourth-order valence-corrected chi connectivity index (χ4v) is 4.96. The number of carbonyl (C=O) groups excluding carboxylic acids is 3. The maximum Gasteiger partial charge on any atom is 0.258 e. The van der Waals surface area contributed by atoms with Gasteiger partial charge in [0, 0.05) is 43.7 Å². The molecule has 194 valence electrons. The molecule has 0 saturated heterocycles. The van der Waals surface area contributed by atoms with Gasteiger partial charge in [-0.15, -0.1) is 0 Å². The molecule has 10 heteroatoms. The second-order valence-electron chi connectivity index (χ2n) is 10.8. The van der Waals surface area contributed by atoms with Crippen molar-refractivity contribution in [1.29, 1.82) is 10.7 Å². The van der Waals surface area contributed by atoms with E-state index in [1.54, 1.807) is 11.9 Å². The first-order chi connectivity index (χ1) is 16.8. The largest absolute Gasteiger partial charge is 0.362 e. The van der Waals surface area contributed by atoms with Crippen molar-refractivity contribution in [3.63, 3.8) is 0 Å². The van der Waals surface area contributed by atoms with E-state index in [0.29, 0.717) is 25.7 Å². The van der Waals surface area contributed by atoms with Gasteiger partial charge in [0.25, 0.3) is 5.91 Å². The first-order valence-electron chi connectivity index (χ1n) is 11.7. The van der Waals surface area contributed by atoms with Crippen LogP contribution in [0.4, 0.5) is 0 Å². The quantitative estimate of drug-likeness (QED) is 0.157. The molecule has 1 N–H and O–H groups in total. The van der Waals surface area contributed by atoms with Gasteiger partial charge in [-0.25, -0.2) is 0 Å². The Bertz CT molecular complexity index is 1080. The number of carbonyl (C=O) groups is 3. The number of halogens is 2. The lowest BCUT2D eigenvalue weighted by Gasteiger charge is -2.39. The highest BCUT2D eigenvalue weighted by atomic mass is 35.5. The third-order valence-corrected chi connectivity index (χ3v) is 7.01. The Kier molecular flexibility index (Phi) is 9.81. The van der Waals surface area contributed by atoms with Crippen LogP contribution in [0.15, 0.2) is 23.7 Å². The smallest absolute Gasteiger partial charge is 0.258 e. The number of amides is 1. The first kappa shape index (κ1) is 29.5. The number of aromatic nitrogens is 1. The number of nitriles is 1. The zero-order valence-corrected chi connectivity index (χ0v) is 22.9. The lowest BCUT2D eigenvalue weighted by atomic mass is 9.75. The highest BCUT2D eigenvalue weighted by Crippen LogP contribution is 2.36. The van der Waals surface area contributed by atoms with Crippen molar-refractivity contribution in [2.24, 2.45) is 10.8 Å². The molecule has 0 bridgehead atoms. The van der Waals surface area contributed by atoms with E-state index in [1.807, 2.05) is 27.7 Å². The van der Waals surface area contributed by atoms with E-state index in [4.69, 9.17) is 28.6 Å². The zero-order chi connectivity index (χ0) is 27.3. The van der Waals surface area contributed by atoms with Crippen LogP contribution in [-0.4, -0.2) is 65.2 Å². The summed E-state index contributed by atoms with van der Waals surface area (Å²) >= 11 is 12.3. The molecule has 1 fully saturated rings. The number of Topliss-reactive ketones (excluding diaryl/α,β-unsaturated/α-hetero) is 1. The molecule has 1 amide bonds. The number of hydrogen-bond donors (Lipinski definition) is 1. The summed E-state index contributed by atoms with van der Waals surface area (Å²) in [5, 5.41) is 18.1. The molecule has 0 radical (unpaired) electrons. The summed E-state index contributed by atoms with van der Waals surface area (Å²) in [6, 6.07) is 2.04. The van der Waals surface area contributed by atoms with Crippen LogP contribution in [0.5, 0.6) is 0 Å². The summed E-state index contributed by atoms with van der Waals surface area (Å²) in [5.74, 6) is -1.08. The van der Waals surface area contributed by atoms with Crippen molar-refractivity contribution in [3.8, 4) is 6.07 Å². The average molecular weight is 534 g/mol. The van der Waals surface area contributed by atoms with Crippen molar-refractivity contribution in [1.82, 2.24) is 14.8 Å². The molecule has 1 aromatic rings. The number of nitrogens with one attached hydrogen (secondary N) is 1. The zero-order valence-electron chi connectivity index (χ0n) is 21.4. The van der Waals surface area contributed by atoms with Gasteiger partial charge in [0.1, 0.15) is 18.1 Å². The van der Waals surface area contributed by atoms with E-state index in [0.717, 1.165) is 12.5 Å². The Morgan fingerprint density at radius 1 is 1.25 bits per heavy atom. The summed E-state index contributed by atoms with van der Waals surface area (Å²) in [5.41, 5.74) is -0.740. The average Bonchev–Trinajstić information content (AvgIpc) is 2.80. The van der Waals surface area contributed by atoms with Crippen LogP contribution in [-0.2, 0) is 9.59 Å². The number of allylic oxidation sites excluding steroid dienone is 1. The topological polar surface area (TPSA) is 118 Å². The number of pyridine rings is 1. The van der Waals surface area contributed by atoms with Gasteiger partial charge >= 0.3 is 0 Å². The monoisotopic (exact) mass is 533 g/mol. The van der Waals surface area contributed by atoms with E-state index in [9.17, 15) is 19.6 Å². The summed E-state index contributed by atoms with van der Waals surface area (Å²) in [7, 11) is 1.72. The number of nitrogens with zero attached hydrogens (tertiary/aromatic N) is 4. The SMILES string of the molecule is CN(C(C#N)=C(C=N)C(=O)N(CC(=O)c1c(Cl)cncc1Cl)CC(C)(C)C)C1CCC(C)(C=O)CC1. The molecule has 0 unspecified atom stereocenters. The van der Waals surface area contributed by atoms with Gasteiger partial charge in [-0.05, 0) is 31.1 Å². The molecular formula is C26H33Cl2N5O3. The van der Waals surface area contributed by atoms with E-state index in [-0.39, 0.29) is 56.8 Å². The van der Waals surface area contributed by atoms with Crippen molar-refractivity contribution < 1.29 is 14.4 Å². The Balaban J connectivity index is 2.41. The van der Waals surface area contributed by atoms with Gasteiger partial charge in [0.15, 0.2) is 5.78 Å². The Hall–Kier alpha value is -2.76. The number of rotatable bonds is 9. The Morgan fingerprint density at radius 2 is 1.81 bits per heavy atom. The van der Waals surface area contributed by atoms with Crippen LogP contribution in [0.25, 0.3) is 0 Å². The molecule has 36 heavy (non-hydrogen) atoms. The van der Waals surface area contributed by atoms with Crippen molar-refractivity contribution in [3.05, 3.63) is 39.3 Å². The first-order valence-corrected chi connectivity index (χ1v) is 12.5. The number of ketones is 1. The van der Waals surface area contributed by atoms with E-state index in [2.05, 4.69) is 11.1 Å². The lowest BCUT2D eigenvalue weighted by Crippen LogP contribution is -2.44. The highest BCUT2D eigenvalue weighted by Gasteiger charge is 2.35. The van der Waals surface area contributed by atoms with Crippen LogP contribution in [0.3, 0.4) is 0 Å². The van der Waals surface area contributed by atoms with Crippen molar-refractivity contribution >= 4 is 47.4 Å². The summed E-state index contributed by atoms with van der Waals surface area (Å²) < 4.78 is 0. The standard InChI is InChI=1S/C26H33Cl2N5O3/c1-25(2,3)15-33(14-22(35)23-19(27)12-31-13-20(23)28)24(36)18(10-29)21(11-30)32(5)17-6-8-26(4,16-34)9-7-17/h10,12-13,16-17,29H,6-9,14-15H2,1-5H3. The van der Waals surface area contributed by atoms with Crippen LogP contribution in [0.2, 0.25) is 10.0 Å². The minimum Gasteiger partial charge on any atom is -0.362 e. The fourth-order valence-electron chi connectivity index (χ4n) is 4.38. The maximum atomic E-state index is 13.7. The molecular weight excluding hydrogens is 501 g/mol. The maximum absolute atomic E-state index is 13.7. The Labute approximate surface area is 222 Å². The molecule has 1 aliphatic carbocycles. The molecule has 1 aliphatic rings. The predicted octanol–water partition coefficient (Wildman–Crippen LogP) is 4.95. The van der Waals surface area contributed by atoms with Crippen LogP contribution in [0.1, 0.15) is 63.7 Å². The molecule has 0 atom stereocenters. The molecule has 1 heterocycles. The number of aldehydes is 1. The van der Waals surface area contributed by atoms with Crippen molar-refractivity contribution in [2.45, 2.75) is 59.4 Å². The van der Waals surface area contributed by atoms with Crippen LogP contribution in [0, 0.1) is 27.6 Å². The van der Waals surface area contributed by atoms with Crippen LogP contribution < -0.4 is 0 Å². The van der Waals surface area contributed by atoms with E-state index in [1.165, 1.54) is 17.3 Å². The van der Waals surface area contributed by atoms with Gasteiger partial charge in [-0.2, -0.15) is 5.26 Å². The summed E-state index contributed by atoms with van der Waals surface area (Å²) in [6.45, 7) is 7.54. The lowest BCUT2D eigenvalue weighted by molar-refractivity contribution is -0.127. The summed E-state index contributed by atoms with van der Waals surface area (Å²) in [6.07, 6.45) is 7.18. The molecule has 0 spiro atoms. The van der Waals surface area contributed by atoms with E-state index < -0.39 is 11.7 Å². The molecule has 0 aliphatic heterocycles. The minimum absolute atomic E-state index is 0.0532.